The summed E-state index contributed by atoms with van der Waals surface area (Å²) in [5, 5.41) is 11.9. The van der Waals surface area contributed by atoms with Crippen LogP contribution in [0.2, 0.25) is 0 Å². The van der Waals surface area contributed by atoms with Gasteiger partial charge in [-0.2, -0.15) is 0 Å². The molecule has 0 radical (unpaired) electrons. The molecular formula is C15H22N2O3. The van der Waals surface area contributed by atoms with E-state index in [9.17, 15) is 14.7 Å². The Labute approximate surface area is 119 Å². The Morgan fingerprint density at radius 3 is 2.60 bits per heavy atom. The minimum Gasteiger partial charge on any atom is -0.481 e. The van der Waals surface area contributed by atoms with E-state index in [2.05, 4.69) is 10.3 Å². The van der Waals surface area contributed by atoms with Crippen LogP contribution in [-0.2, 0) is 16.0 Å². The second-order valence-corrected chi connectivity index (χ2v) is 6.14. The van der Waals surface area contributed by atoms with Crippen molar-refractivity contribution in [3.05, 3.63) is 30.1 Å². The number of aliphatic carboxylic acids is 1. The molecule has 1 rings (SSSR count). The number of hydrogen-bond donors (Lipinski definition) is 2. The molecule has 0 aliphatic rings. The van der Waals surface area contributed by atoms with Gasteiger partial charge in [0.1, 0.15) is 0 Å². The van der Waals surface area contributed by atoms with Gasteiger partial charge in [0.15, 0.2) is 0 Å². The van der Waals surface area contributed by atoms with Gasteiger partial charge in [-0.05, 0) is 23.5 Å². The monoisotopic (exact) mass is 278 g/mol. The molecule has 1 aromatic rings. The van der Waals surface area contributed by atoms with E-state index in [1.54, 1.807) is 18.5 Å². The number of hydrogen-bond acceptors (Lipinski definition) is 3. The first kappa shape index (κ1) is 16.1. The van der Waals surface area contributed by atoms with Gasteiger partial charge in [-0.15, -0.1) is 0 Å². The molecule has 110 valence electrons. The number of pyridine rings is 1. The summed E-state index contributed by atoms with van der Waals surface area (Å²) >= 11 is 0. The van der Waals surface area contributed by atoms with Gasteiger partial charge in [0.2, 0.25) is 5.91 Å². The third-order valence-electron chi connectivity index (χ3n) is 2.79. The third-order valence-corrected chi connectivity index (χ3v) is 2.79. The highest BCUT2D eigenvalue weighted by Gasteiger charge is 2.21. The lowest BCUT2D eigenvalue weighted by molar-refractivity contribution is -0.141. The molecule has 0 spiro atoms. The first-order valence-electron chi connectivity index (χ1n) is 6.66. The van der Waals surface area contributed by atoms with Crippen molar-refractivity contribution in [2.45, 2.75) is 33.6 Å². The molecule has 0 unspecified atom stereocenters. The van der Waals surface area contributed by atoms with Crippen LogP contribution in [0.3, 0.4) is 0 Å². The summed E-state index contributed by atoms with van der Waals surface area (Å²) in [7, 11) is 0. The predicted octanol–water partition coefficient (Wildman–Crippen LogP) is 1.88. The van der Waals surface area contributed by atoms with Gasteiger partial charge >= 0.3 is 5.97 Å². The zero-order valence-corrected chi connectivity index (χ0v) is 12.2. The van der Waals surface area contributed by atoms with Gasteiger partial charge in [0.25, 0.3) is 0 Å². The summed E-state index contributed by atoms with van der Waals surface area (Å²) in [6.07, 6.45) is 4.03. The van der Waals surface area contributed by atoms with Gasteiger partial charge < -0.3 is 10.4 Å². The highest BCUT2D eigenvalue weighted by molar-refractivity contribution is 5.78. The number of carbonyl (C=O) groups excluding carboxylic acids is 1. The van der Waals surface area contributed by atoms with Crippen molar-refractivity contribution in [1.82, 2.24) is 10.3 Å². The van der Waals surface area contributed by atoms with E-state index in [-0.39, 0.29) is 17.9 Å². The summed E-state index contributed by atoms with van der Waals surface area (Å²) in [5.74, 6) is -1.66. The number of carboxylic acids is 1. The molecule has 0 fully saturated rings. The molecule has 1 heterocycles. The van der Waals surface area contributed by atoms with Crippen LogP contribution in [0.25, 0.3) is 0 Å². The standard InChI is InChI=1S/C15H22N2O3/c1-15(2,3)8-13(18)17-10-12(14(19)20)7-11-5-4-6-16-9-11/h4-6,9,12H,7-8,10H2,1-3H3,(H,17,18)(H,19,20)/t12-/m0/s1. The first-order chi connectivity index (χ1) is 9.28. The molecule has 5 nitrogen and oxygen atoms in total. The quantitative estimate of drug-likeness (QED) is 0.832. The molecule has 1 amide bonds. The van der Waals surface area contributed by atoms with Crippen LogP contribution in [-0.4, -0.2) is 28.5 Å². The van der Waals surface area contributed by atoms with Crippen molar-refractivity contribution in [3.8, 4) is 0 Å². The molecule has 1 aromatic heterocycles. The van der Waals surface area contributed by atoms with E-state index in [0.29, 0.717) is 12.8 Å². The Morgan fingerprint density at radius 1 is 1.40 bits per heavy atom. The fraction of sp³-hybridized carbons (Fsp3) is 0.533. The van der Waals surface area contributed by atoms with E-state index >= 15 is 0 Å². The molecule has 2 N–H and O–H groups in total. The van der Waals surface area contributed by atoms with E-state index in [1.165, 1.54) is 0 Å². The SMILES string of the molecule is CC(C)(C)CC(=O)NC[C@H](Cc1cccnc1)C(=O)O. The zero-order chi connectivity index (χ0) is 15.2. The lowest BCUT2D eigenvalue weighted by Crippen LogP contribution is -2.35. The van der Waals surface area contributed by atoms with Crippen LogP contribution in [0, 0.1) is 11.3 Å². The van der Waals surface area contributed by atoms with Crippen LogP contribution in [0.5, 0.6) is 0 Å². The van der Waals surface area contributed by atoms with Crippen molar-refractivity contribution in [2.24, 2.45) is 11.3 Å². The Bertz CT molecular complexity index is 452. The average Bonchev–Trinajstić information content (AvgIpc) is 2.33. The van der Waals surface area contributed by atoms with Crippen LogP contribution in [0.15, 0.2) is 24.5 Å². The van der Waals surface area contributed by atoms with Crippen molar-refractivity contribution >= 4 is 11.9 Å². The van der Waals surface area contributed by atoms with Crippen molar-refractivity contribution in [2.75, 3.05) is 6.54 Å². The first-order valence-corrected chi connectivity index (χ1v) is 6.66. The summed E-state index contributed by atoms with van der Waals surface area (Å²) in [6, 6.07) is 3.60. The van der Waals surface area contributed by atoms with Crippen molar-refractivity contribution in [1.29, 1.82) is 0 Å². The van der Waals surface area contributed by atoms with Gasteiger partial charge in [0.05, 0.1) is 5.92 Å². The number of nitrogens with zero attached hydrogens (tertiary/aromatic N) is 1. The van der Waals surface area contributed by atoms with Gasteiger partial charge in [0, 0.05) is 25.4 Å². The van der Waals surface area contributed by atoms with E-state index < -0.39 is 11.9 Å². The molecular weight excluding hydrogens is 256 g/mol. The lowest BCUT2D eigenvalue weighted by atomic mass is 9.92. The highest BCUT2D eigenvalue weighted by Crippen LogP contribution is 2.18. The molecule has 5 heteroatoms. The Morgan fingerprint density at radius 2 is 2.10 bits per heavy atom. The second-order valence-electron chi connectivity index (χ2n) is 6.14. The maximum atomic E-state index is 11.7. The highest BCUT2D eigenvalue weighted by atomic mass is 16.4. The van der Waals surface area contributed by atoms with E-state index in [0.717, 1.165) is 5.56 Å². The van der Waals surface area contributed by atoms with Crippen LogP contribution in [0.1, 0.15) is 32.8 Å². The van der Waals surface area contributed by atoms with Crippen molar-refractivity contribution < 1.29 is 14.7 Å². The molecule has 0 aromatic carbocycles. The minimum atomic E-state index is -0.912. The summed E-state index contributed by atoms with van der Waals surface area (Å²) < 4.78 is 0. The van der Waals surface area contributed by atoms with E-state index in [4.69, 9.17) is 0 Å². The minimum absolute atomic E-state index is 0.105. The maximum Gasteiger partial charge on any atom is 0.308 e. The smallest absolute Gasteiger partial charge is 0.308 e. The van der Waals surface area contributed by atoms with Gasteiger partial charge in [-0.1, -0.05) is 26.8 Å². The second kappa shape index (κ2) is 7.03. The molecule has 0 bridgehead atoms. The Hall–Kier alpha value is -1.91. The van der Waals surface area contributed by atoms with E-state index in [1.807, 2.05) is 26.8 Å². The summed E-state index contributed by atoms with van der Waals surface area (Å²) in [5.41, 5.74) is 0.747. The largest absolute Gasteiger partial charge is 0.481 e. The summed E-state index contributed by atoms with van der Waals surface area (Å²) in [6.45, 7) is 6.05. The lowest BCUT2D eigenvalue weighted by Gasteiger charge is -2.19. The van der Waals surface area contributed by atoms with Crippen molar-refractivity contribution in [3.63, 3.8) is 0 Å². The zero-order valence-electron chi connectivity index (χ0n) is 12.2. The molecule has 0 aliphatic carbocycles. The Balaban J connectivity index is 2.52. The van der Waals surface area contributed by atoms with Crippen LogP contribution in [0.4, 0.5) is 0 Å². The number of carboxylic acid groups (broad SMARTS) is 1. The van der Waals surface area contributed by atoms with Crippen LogP contribution < -0.4 is 5.32 Å². The molecule has 0 saturated carbocycles. The molecule has 1 atom stereocenters. The Kier molecular flexibility index (Phi) is 5.67. The topological polar surface area (TPSA) is 79.3 Å². The molecule has 20 heavy (non-hydrogen) atoms. The number of aromatic nitrogens is 1. The predicted molar refractivity (Wildman–Crippen MR) is 76.1 cm³/mol. The fourth-order valence-electron chi connectivity index (χ4n) is 1.83. The summed E-state index contributed by atoms with van der Waals surface area (Å²) in [4.78, 5) is 26.9. The molecule has 0 saturated heterocycles. The number of carbonyl (C=O) groups is 2. The average molecular weight is 278 g/mol. The number of amides is 1. The fourth-order valence-corrected chi connectivity index (χ4v) is 1.83. The number of nitrogens with one attached hydrogen (secondary N) is 1. The normalized spacial score (nSPS) is 12.8. The van der Waals surface area contributed by atoms with Gasteiger partial charge in [-0.25, -0.2) is 0 Å². The maximum absolute atomic E-state index is 11.7. The van der Waals surface area contributed by atoms with Gasteiger partial charge in [-0.3, -0.25) is 14.6 Å². The van der Waals surface area contributed by atoms with Crippen LogP contribution >= 0.6 is 0 Å². The molecule has 0 aliphatic heterocycles. The number of rotatable bonds is 6. The third kappa shape index (κ3) is 6.31.